The van der Waals surface area contributed by atoms with E-state index in [0.717, 1.165) is 22.7 Å². The molecule has 0 spiro atoms. The van der Waals surface area contributed by atoms with Crippen LogP contribution in [0.1, 0.15) is 5.56 Å². The molecule has 1 saturated heterocycles. The molecule has 3 rings (SSSR count). The van der Waals surface area contributed by atoms with Crippen LogP contribution < -0.4 is 5.32 Å². The van der Waals surface area contributed by atoms with Crippen LogP contribution in [0.3, 0.4) is 0 Å². The zero-order valence-corrected chi connectivity index (χ0v) is 16.4. The average molecular weight is 429 g/mol. The lowest BCUT2D eigenvalue weighted by molar-refractivity contribution is -0.128. The summed E-state index contributed by atoms with van der Waals surface area (Å²) in [5.74, 6) is -1.01. The third kappa shape index (κ3) is 4.53. The number of hydrogen-bond acceptors (Lipinski definition) is 6. The number of amides is 2. The van der Waals surface area contributed by atoms with Crippen LogP contribution >= 0.6 is 35.6 Å². The van der Waals surface area contributed by atoms with Gasteiger partial charge in [-0.3, -0.25) is 14.5 Å². The number of sulfone groups is 1. The normalized spacial score (nSPS) is 23.0. The van der Waals surface area contributed by atoms with Crippen molar-refractivity contribution in [3.8, 4) is 0 Å². The van der Waals surface area contributed by atoms with E-state index in [4.69, 9.17) is 23.8 Å². The van der Waals surface area contributed by atoms with Gasteiger partial charge in [-0.25, -0.2) is 8.42 Å². The van der Waals surface area contributed by atoms with Gasteiger partial charge in [0.05, 0.1) is 16.7 Å². The second-order valence-electron chi connectivity index (χ2n) is 5.65. The van der Waals surface area contributed by atoms with Gasteiger partial charge in [-0.1, -0.05) is 47.7 Å². The topological polar surface area (TPSA) is 83.6 Å². The van der Waals surface area contributed by atoms with Gasteiger partial charge in [0.1, 0.15) is 10.9 Å². The molecule has 6 nitrogen and oxygen atoms in total. The third-order valence-corrected chi connectivity index (χ3v) is 6.64. The number of carbonyl (C=O) groups is 2. The van der Waals surface area contributed by atoms with Crippen LogP contribution in [0.5, 0.6) is 0 Å². The maximum absolute atomic E-state index is 12.5. The first-order valence-electron chi connectivity index (χ1n) is 7.45. The molecule has 1 aromatic rings. The van der Waals surface area contributed by atoms with Crippen molar-refractivity contribution in [3.63, 3.8) is 0 Å². The molecule has 1 N–H and O–H groups in total. The SMILES string of the molecule is O=C(CN1C(=O)/C(=C/c2ccc(Cl)cc2)SC1=S)N[C@@H]1C=CS(=O)(=O)C1. The fourth-order valence-corrected chi connectivity index (χ4v) is 5.02. The Kier molecular flexibility index (Phi) is 5.52. The Morgan fingerprint density at radius 1 is 1.38 bits per heavy atom. The molecule has 1 atom stereocenters. The molecule has 2 amide bonds. The summed E-state index contributed by atoms with van der Waals surface area (Å²) in [6.07, 6.45) is 3.10. The van der Waals surface area contributed by atoms with Crippen molar-refractivity contribution < 1.29 is 18.0 Å². The van der Waals surface area contributed by atoms with Gasteiger partial charge in [-0.2, -0.15) is 0 Å². The quantitative estimate of drug-likeness (QED) is 0.583. The Morgan fingerprint density at radius 3 is 2.69 bits per heavy atom. The van der Waals surface area contributed by atoms with Crippen molar-refractivity contribution in [1.82, 2.24) is 10.2 Å². The highest BCUT2D eigenvalue weighted by Gasteiger charge is 2.34. The molecule has 0 unspecified atom stereocenters. The number of thiocarbonyl (C=S) groups is 1. The third-order valence-electron chi connectivity index (χ3n) is 3.62. The zero-order valence-electron chi connectivity index (χ0n) is 13.2. The number of benzene rings is 1. The molecule has 2 heterocycles. The van der Waals surface area contributed by atoms with Gasteiger partial charge >= 0.3 is 0 Å². The zero-order chi connectivity index (χ0) is 18.9. The van der Waals surface area contributed by atoms with Crippen molar-refractivity contribution in [2.45, 2.75) is 6.04 Å². The summed E-state index contributed by atoms with van der Waals surface area (Å²) in [5, 5.41) is 4.24. The summed E-state index contributed by atoms with van der Waals surface area (Å²) in [6, 6.07) is 6.38. The first-order valence-corrected chi connectivity index (χ1v) is 10.8. The van der Waals surface area contributed by atoms with Crippen LogP contribution in [0.15, 0.2) is 40.7 Å². The molecule has 0 aromatic heterocycles. The van der Waals surface area contributed by atoms with E-state index in [9.17, 15) is 18.0 Å². The molecule has 2 aliphatic heterocycles. The number of carbonyl (C=O) groups excluding carboxylic acids is 2. The highest BCUT2D eigenvalue weighted by Crippen LogP contribution is 2.32. The molecule has 136 valence electrons. The minimum absolute atomic E-state index is 0.173. The standard InChI is InChI=1S/C16H13ClN2O4S3/c17-11-3-1-10(2-4-11)7-13-15(21)19(16(24)25-13)8-14(20)18-12-5-6-26(22,23)9-12/h1-7,12H,8-9H2,(H,18,20)/b13-7-/t12-/m1/s1. The lowest BCUT2D eigenvalue weighted by atomic mass is 10.2. The predicted molar refractivity (Wildman–Crippen MR) is 106 cm³/mol. The highest BCUT2D eigenvalue weighted by atomic mass is 35.5. The molecular weight excluding hydrogens is 416 g/mol. The van der Waals surface area contributed by atoms with E-state index in [0.29, 0.717) is 9.93 Å². The van der Waals surface area contributed by atoms with Gasteiger partial charge in [0.15, 0.2) is 9.84 Å². The lowest BCUT2D eigenvalue weighted by Gasteiger charge is -2.16. The molecule has 0 saturated carbocycles. The Labute approximate surface area is 165 Å². The van der Waals surface area contributed by atoms with Crippen LogP contribution in [0.2, 0.25) is 5.02 Å². The molecule has 1 aromatic carbocycles. The number of nitrogens with zero attached hydrogens (tertiary/aromatic N) is 1. The van der Waals surface area contributed by atoms with Crippen LogP contribution in [0.25, 0.3) is 6.08 Å². The fraction of sp³-hybridized carbons (Fsp3) is 0.188. The van der Waals surface area contributed by atoms with E-state index in [1.165, 1.54) is 11.0 Å². The van der Waals surface area contributed by atoms with Crippen molar-refractivity contribution in [3.05, 3.63) is 51.2 Å². The smallest absolute Gasteiger partial charge is 0.266 e. The van der Waals surface area contributed by atoms with Gasteiger partial charge in [-0.05, 0) is 29.8 Å². The minimum atomic E-state index is -3.26. The lowest BCUT2D eigenvalue weighted by Crippen LogP contribution is -2.43. The van der Waals surface area contributed by atoms with Gasteiger partial charge in [-0.15, -0.1) is 0 Å². The van der Waals surface area contributed by atoms with Crippen LogP contribution in [-0.4, -0.2) is 47.8 Å². The molecule has 0 radical (unpaired) electrons. The number of hydrogen-bond donors (Lipinski definition) is 1. The first kappa shape index (κ1) is 19.1. The summed E-state index contributed by atoms with van der Waals surface area (Å²) in [6.45, 7) is -0.257. The minimum Gasteiger partial charge on any atom is -0.347 e. The van der Waals surface area contributed by atoms with Gasteiger partial charge < -0.3 is 5.32 Å². The summed E-state index contributed by atoms with van der Waals surface area (Å²) >= 11 is 12.1. The van der Waals surface area contributed by atoms with Crippen molar-refractivity contribution >= 4 is 67.6 Å². The monoisotopic (exact) mass is 428 g/mol. The second kappa shape index (κ2) is 7.51. The first-order chi connectivity index (χ1) is 12.2. The second-order valence-corrected chi connectivity index (χ2v) is 9.69. The van der Waals surface area contributed by atoms with Gasteiger partial charge in [0, 0.05) is 10.4 Å². The Bertz CT molecular complexity index is 939. The Morgan fingerprint density at radius 2 is 2.08 bits per heavy atom. The van der Waals surface area contributed by atoms with E-state index >= 15 is 0 Å². The molecular formula is C16H13ClN2O4S3. The number of nitrogens with one attached hydrogen (secondary N) is 1. The van der Waals surface area contributed by atoms with Crippen molar-refractivity contribution in [1.29, 1.82) is 0 Å². The Hall–Kier alpha value is -1.68. The van der Waals surface area contributed by atoms with E-state index in [-0.39, 0.29) is 22.5 Å². The maximum atomic E-state index is 12.5. The predicted octanol–water partition coefficient (Wildman–Crippen LogP) is 1.97. The maximum Gasteiger partial charge on any atom is 0.266 e. The number of halogens is 1. The summed E-state index contributed by atoms with van der Waals surface area (Å²) in [5.41, 5.74) is 0.792. The highest BCUT2D eigenvalue weighted by molar-refractivity contribution is 8.26. The number of thioether (sulfide) groups is 1. The molecule has 0 aliphatic carbocycles. The molecule has 1 fully saturated rings. The summed E-state index contributed by atoms with van der Waals surface area (Å²) in [4.78, 5) is 26.2. The van der Waals surface area contributed by atoms with E-state index in [2.05, 4.69) is 5.32 Å². The molecule has 26 heavy (non-hydrogen) atoms. The van der Waals surface area contributed by atoms with Crippen LogP contribution in [0, 0.1) is 0 Å². The van der Waals surface area contributed by atoms with Crippen LogP contribution in [0.4, 0.5) is 0 Å². The fourth-order valence-electron chi connectivity index (χ4n) is 2.41. The van der Waals surface area contributed by atoms with Gasteiger partial charge in [0.25, 0.3) is 5.91 Å². The van der Waals surface area contributed by atoms with E-state index in [1.807, 2.05) is 0 Å². The average Bonchev–Trinajstić information content (AvgIpc) is 3.03. The molecule has 2 aliphatic rings. The van der Waals surface area contributed by atoms with Crippen molar-refractivity contribution in [2.75, 3.05) is 12.3 Å². The summed E-state index contributed by atoms with van der Waals surface area (Å²) < 4.78 is 23.0. The summed E-state index contributed by atoms with van der Waals surface area (Å²) in [7, 11) is -3.26. The Balaban J connectivity index is 1.64. The van der Waals surface area contributed by atoms with Gasteiger partial charge in [0.2, 0.25) is 5.91 Å². The van der Waals surface area contributed by atoms with E-state index < -0.39 is 21.8 Å². The molecule has 0 bridgehead atoms. The largest absolute Gasteiger partial charge is 0.347 e. The van der Waals surface area contributed by atoms with Crippen LogP contribution in [-0.2, 0) is 19.4 Å². The van der Waals surface area contributed by atoms with E-state index in [1.54, 1.807) is 30.3 Å². The van der Waals surface area contributed by atoms with Crippen molar-refractivity contribution in [2.24, 2.45) is 0 Å². The number of rotatable bonds is 4. The molecule has 10 heteroatoms.